The molecule has 0 radical (unpaired) electrons. The van der Waals surface area contributed by atoms with E-state index in [4.69, 9.17) is 0 Å². The van der Waals surface area contributed by atoms with Gasteiger partial charge in [-0.3, -0.25) is 0 Å². The second-order valence-electron chi connectivity index (χ2n) is 7.92. The molecule has 1 aromatic heterocycles. The molecule has 0 amide bonds. The second-order valence-corrected chi connectivity index (χ2v) is 8.37. The number of thiol groups is 1. The van der Waals surface area contributed by atoms with Gasteiger partial charge in [-0.15, -0.1) is 5.10 Å². The second kappa shape index (κ2) is 11.5. The molecule has 0 saturated heterocycles. The first kappa shape index (κ1) is 21.9. The van der Waals surface area contributed by atoms with Gasteiger partial charge in [0.2, 0.25) is 0 Å². The van der Waals surface area contributed by atoms with Crippen LogP contribution in [0.1, 0.15) is 74.8 Å². The minimum Gasteiger partial charge on any atom is -0.179 e. The summed E-state index contributed by atoms with van der Waals surface area (Å²) in [6.07, 6.45) is 10.1. The van der Waals surface area contributed by atoms with Crippen molar-refractivity contribution in [3.05, 3.63) is 46.6 Å². The Labute approximate surface area is 171 Å². The minimum atomic E-state index is 0.827. The Morgan fingerprint density at radius 3 is 2.33 bits per heavy atom. The molecule has 0 saturated carbocycles. The first-order chi connectivity index (χ1) is 13.1. The zero-order valence-electron chi connectivity index (χ0n) is 17.6. The normalized spacial score (nSPS) is 16.6. The molecule has 1 unspecified atom stereocenters. The standard InChI is InChI=1S/C19H24N2.C5H12S/c1-13-5-4-6-18-17(12-9-13)15(3)20-21-19(18)16-10-7-14(2)8-11-16;1-2-3-4-5-6/h7-8,10-11,13H,4-6,9,12H2,1-3H3;6H,2-5H2,1H3. The highest BCUT2D eigenvalue weighted by Gasteiger charge is 2.18. The largest absolute Gasteiger partial charge is 0.179 e. The van der Waals surface area contributed by atoms with E-state index in [0.29, 0.717) is 0 Å². The van der Waals surface area contributed by atoms with Gasteiger partial charge in [-0.25, -0.2) is 0 Å². The van der Waals surface area contributed by atoms with E-state index in [-0.39, 0.29) is 0 Å². The zero-order valence-corrected chi connectivity index (χ0v) is 18.5. The Balaban J connectivity index is 0.000000380. The molecule has 2 aromatic rings. The number of fused-ring (bicyclic) bond motifs is 1. The van der Waals surface area contributed by atoms with Crippen LogP contribution < -0.4 is 0 Å². The third-order valence-corrected chi connectivity index (χ3v) is 5.80. The van der Waals surface area contributed by atoms with Crippen LogP contribution >= 0.6 is 12.6 Å². The highest BCUT2D eigenvalue weighted by Crippen LogP contribution is 2.31. The lowest BCUT2D eigenvalue weighted by molar-refractivity contribution is 0.461. The summed E-state index contributed by atoms with van der Waals surface area (Å²) in [6.45, 7) is 8.80. The Morgan fingerprint density at radius 2 is 1.70 bits per heavy atom. The molecule has 2 nitrogen and oxygen atoms in total. The van der Waals surface area contributed by atoms with Gasteiger partial charge < -0.3 is 0 Å². The Kier molecular flexibility index (Phi) is 9.33. The summed E-state index contributed by atoms with van der Waals surface area (Å²) in [6, 6.07) is 8.68. The highest BCUT2D eigenvalue weighted by atomic mass is 32.1. The smallest absolute Gasteiger partial charge is 0.0964 e. The van der Waals surface area contributed by atoms with Crippen LogP contribution in [-0.2, 0) is 12.8 Å². The van der Waals surface area contributed by atoms with Crippen LogP contribution in [-0.4, -0.2) is 16.0 Å². The van der Waals surface area contributed by atoms with Crippen LogP contribution in [0.3, 0.4) is 0 Å². The number of aromatic nitrogens is 2. The van der Waals surface area contributed by atoms with E-state index in [1.807, 2.05) is 0 Å². The lowest BCUT2D eigenvalue weighted by atomic mass is 9.86. The maximum atomic E-state index is 4.53. The first-order valence-corrected chi connectivity index (χ1v) is 11.2. The van der Waals surface area contributed by atoms with Crippen LogP contribution in [0, 0.1) is 19.8 Å². The van der Waals surface area contributed by atoms with E-state index in [0.717, 1.165) is 35.9 Å². The summed E-state index contributed by atoms with van der Waals surface area (Å²) in [5, 5.41) is 8.97. The Hall–Kier alpha value is -1.35. The van der Waals surface area contributed by atoms with Crippen molar-refractivity contribution >= 4 is 12.6 Å². The molecule has 0 fully saturated rings. The minimum absolute atomic E-state index is 0.827. The fourth-order valence-corrected chi connectivity index (χ4v) is 3.90. The van der Waals surface area contributed by atoms with Crippen molar-refractivity contribution in [2.45, 2.75) is 79.1 Å². The van der Waals surface area contributed by atoms with Gasteiger partial charge in [0.25, 0.3) is 0 Å². The zero-order chi connectivity index (χ0) is 19.6. The van der Waals surface area contributed by atoms with E-state index < -0.39 is 0 Å². The van der Waals surface area contributed by atoms with Crippen molar-refractivity contribution in [3.63, 3.8) is 0 Å². The molecule has 1 aliphatic carbocycles. The molecule has 1 aliphatic rings. The number of hydrogen-bond acceptors (Lipinski definition) is 3. The van der Waals surface area contributed by atoms with Crippen LogP contribution in [0.15, 0.2) is 24.3 Å². The first-order valence-electron chi connectivity index (χ1n) is 10.6. The molecule has 0 aliphatic heterocycles. The van der Waals surface area contributed by atoms with E-state index in [9.17, 15) is 0 Å². The van der Waals surface area contributed by atoms with Crippen molar-refractivity contribution in [1.29, 1.82) is 0 Å². The van der Waals surface area contributed by atoms with Gasteiger partial charge >= 0.3 is 0 Å². The predicted molar refractivity (Wildman–Crippen MR) is 121 cm³/mol. The molecule has 0 N–H and O–H groups in total. The highest BCUT2D eigenvalue weighted by molar-refractivity contribution is 7.80. The quantitative estimate of drug-likeness (QED) is 0.465. The summed E-state index contributed by atoms with van der Waals surface area (Å²) in [7, 11) is 0. The summed E-state index contributed by atoms with van der Waals surface area (Å²) < 4.78 is 0. The third kappa shape index (κ3) is 6.64. The molecular formula is C24H36N2S. The maximum Gasteiger partial charge on any atom is 0.0964 e. The number of rotatable bonds is 4. The Bertz CT molecular complexity index is 690. The molecule has 1 heterocycles. The van der Waals surface area contributed by atoms with Crippen LogP contribution in [0.4, 0.5) is 0 Å². The lowest BCUT2D eigenvalue weighted by Crippen LogP contribution is -2.11. The summed E-state index contributed by atoms with van der Waals surface area (Å²) in [4.78, 5) is 0. The number of hydrogen-bond donors (Lipinski definition) is 1. The van der Waals surface area contributed by atoms with Crippen LogP contribution in [0.25, 0.3) is 11.3 Å². The van der Waals surface area contributed by atoms with Crippen molar-refractivity contribution < 1.29 is 0 Å². The maximum absolute atomic E-state index is 4.53. The monoisotopic (exact) mass is 384 g/mol. The molecule has 0 bridgehead atoms. The van der Waals surface area contributed by atoms with Crippen molar-refractivity contribution in [1.82, 2.24) is 10.2 Å². The number of benzene rings is 1. The average Bonchev–Trinajstić information content (AvgIpc) is 2.65. The van der Waals surface area contributed by atoms with Gasteiger partial charge in [-0.1, -0.05) is 62.9 Å². The molecule has 0 spiro atoms. The SMILES string of the molecule is CCCCCS.Cc1ccc(-c2nnc(C)c3c2CCCC(C)CC3)cc1. The van der Waals surface area contributed by atoms with Crippen molar-refractivity contribution in [2.75, 3.05) is 5.75 Å². The molecule has 27 heavy (non-hydrogen) atoms. The number of nitrogens with zero attached hydrogens (tertiary/aromatic N) is 2. The molecule has 3 heteroatoms. The Morgan fingerprint density at radius 1 is 0.963 bits per heavy atom. The van der Waals surface area contributed by atoms with Gasteiger partial charge in [-0.05, 0) is 68.7 Å². The fraction of sp³-hybridized carbons (Fsp3) is 0.583. The van der Waals surface area contributed by atoms with E-state index in [2.05, 4.69) is 74.8 Å². The van der Waals surface area contributed by atoms with E-state index in [1.54, 1.807) is 0 Å². The average molecular weight is 385 g/mol. The van der Waals surface area contributed by atoms with E-state index in [1.165, 1.54) is 60.8 Å². The molecule has 1 aromatic carbocycles. The van der Waals surface area contributed by atoms with Gasteiger partial charge in [0, 0.05) is 5.56 Å². The van der Waals surface area contributed by atoms with Crippen molar-refractivity contribution in [2.24, 2.45) is 5.92 Å². The molecule has 148 valence electrons. The summed E-state index contributed by atoms with van der Waals surface area (Å²) >= 11 is 4.05. The lowest BCUT2D eigenvalue weighted by Gasteiger charge is -2.21. The fourth-order valence-electron chi connectivity index (χ4n) is 3.68. The van der Waals surface area contributed by atoms with Gasteiger partial charge in [0.05, 0.1) is 11.4 Å². The van der Waals surface area contributed by atoms with Gasteiger partial charge in [-0.2, -0.15) is 17.7 Å². The van der Waals surface area contributed by atoms with E-state index >= 15 is 0 Å². The molecule has 1 atom stereocenters. The predicted octanol–water partition coefficient (Wildman–Crippen LogP) is 6.77. The van der Waals surface area contributed by atoms with Crippen molar-refractivity contribution in [3.8, 4) is 11.3 Å². The van der Waals surface area contributed by atoms with Crippen LogP contribution in [0.5, 0.6) is 0 Å². The number of aryl methyl sites for hydroxylation is 2. The summed E-state index contributed by atoms with van der Waals surface area (Å²) in [5.41, 5.74) is 7.61. The van der Waals surface area contributed by atoms with Gasteiger partial charge in [0.15, 0.2) is 0 Å². The topological polar surface area (TPSA) is 25.8 Å². The summed E-state index contributed by atoms with van der Waals surface area (Å²) in [5.74, 6) is 1.88. The van der Waals surface area contributed by atoms with Gasteiger partial charge in [0.1, 0.15) is 0 Å². The number of unbranched alkanes of at least 4 members (excludes halogenated alkanes) is 2. The third-order valence-electron chi connectivity index (χ3n) is 5.48. The van der Waals surface area contributed by atoms with Crippen LogP contribution in [0.2, 0.25) is 0 Å². The molecular weight excluding hydrogens is 348 g/mol. The molecule has 3 rings (SSSR count).